The minimum Gasteiger partial charge on any atom is -0.378 e. The molecule has 2 heterocycles. The van der Waals surface area contributed by atoms with Gasteiger partial charge in [0.15, 0.2) is 0 Å². The summed E-state index contributed by atoms with van der Waals surface area (Å²) in [6.45, 7) is 4.06. The van der Waals surface area contributed by atoms with Crippen LogP contribution in [0.5, 0.6) is 0 Å². The number of nitrogens with zero attached hydrogens (tertiary/aromatic N) is 2. The summed E-state index contributed by atoms with van der Waals surface area (Å²) in [4.78, 5) is 46.5. The SMILES string of the molecule is Cc1c(NC(=O)CCCc2nc3ccccc3c(=O)[nH]2)cccc1C(=O)N1CCOCC1. The molecule has 0 saturated carbocycles. The maximum Gasteiger partial charge on any atom is 0.258 e. The number of fused-ring (bicyclic) bond motifs is 1. The molecule has 32 heavy (non-hydrogen) atoms. The molecule has 8 heteroatoms. The average molecular weight is 434 g/mol. The van der Waals surface area contributed by atoms with E-state index in [9.17, 15) is 14.4 Å². The summed E-state index contributed by atoms with van der Waals surface area (Å²) in [6, 6.07) is 12.5. The molecule has 2 amide bonds. The van der Waals surface area contributed by atoms with Gasteiger partial charge in [0.05, 0.1) is 24.1 Å². The maximum atomic E-state index is 12.8. The van der Waals surface area contributed by atoms with Gasteiger partial charge in [-0.15, -0.1) is 0 Å². The molecule has 0 unspecified atom stereocenters. The monoisotopic (exact) mass is 434 g/mol. The van der Waals surface area contributed by atoms with Crippen LogP contribution in [0.2, 0.25) is 0 Å². The number of nitrogens with one attached hydrogen (secondary N) is 2. The third-order valence-corrected chi connectivity index (χ3v) is 5.62. The molecule has 0 atom stereocenters. The Kier molecular flexibility index (Phi) is 6.61. The maximum absolute atomic E-state index is 12.8. The van der Waals surface area contributed by atoms with Crippen molar-refractivity contribution in [3.05, 3.63) is 69.8 Å². The number of H-pyrrole nitrogens is 1. The fraction of sp³-hybridized carbons (Fsp3) is 0.333. The molecule has 2 aromatic carbocycles. The molecule has 0 radical (unpaired) electrons. The van der Waals surface area contributed by atoms with Gasteiger partial charge in [0.2, 0.25) is 5.91 Å². The summed E-state index contributed by atoms with van der Waals surface area (Å²) in [5, 5.41) is 3.46. The number of benzene rings is 2. The van der Waals surface area contributed by atoms with Crippen molar-refractivity contribution in [3.8, 4) is 0 Å². The van der Waals surface area contributed by atoms with Crippen molar-refractivity contribution in [1.82, 2.24) is 14.9 Å². The Labute approximate surface area is 185 Å². The minimum atomic E-state index is -0.174. The fourth-order valence-electron chi connectivity index (χ4n) is 3.82. The molecule has 4 rings (SSSR count). The Morgan fingerprint density at radius 1 is 1.12 bits per heavy atom. The lowest BCUT2D eigenvalue weighted by molar-refractivity contribution is -0.116. The first-order valence-corrected chi connectivity index (χ1v) is 10.8. The molecule has 0 bridgehead atoms. The largest absolute Gasteiger partial charge is 0.378 e. The van der Waals surface area contributed by atoms with Crippen LogP contribution in [-0.4, -0.2) is 53.0 Å². The van der Waals surface area contributed by atoms with E-state index in [-0.39, 0.29) is 23.8 Å². The molecule has 3 aromatic rings. The Morgan fingerprint density at radius 2 is 1.91 bits per heavy atom. The van der Waals surface area contributed by atoms with Crippen molar-refractivity contribution in [2.75, 3.05) is 31.6 Å². The van der Waals surface area contributed by atoms with Gasteiger partial charge in [0.25, 0.3) is 11.5 Å². The van der Waals surface area contributed by atoms with Gasteiger partial charge >= 0.3 is 0 Å². The van der Waals surface area contributed by atoms with E-state index < -0.39 is 0 Å². The first-order chi connectivity index (χ1) is 15.5. The van der Waals surface area contributed by atoms with Crippen molar-refractivity contribution >= 4 is 28.4 Å². The number of amides is 2. The van der Waals surface area contributed by atoms with E-state index in [1.165, 1.54) is 0 Å². The second-order valence-corrected chi connectivity index (χ2v) is 7.81. The summed E-state index contributed by atoms with van der Waals surface area (Å²) in [5.41, 5.74) is 2.44. The smallest absolute Gasteiger partial charge is 0.258 e. The number of hydrogen-bond acceptors (Lipinski definition) is 5. The quantitative estimate of drug-likeness (QED) is 0.621. The van der Waals surface area contributed by atoms with Crippen LogP contribution in [0.1, 0.15) is 34.6 Å². The number of aromatic nitrogens is 2. The lowest BCUT2D eigenvalue weighted by atomic mass is 10.0. The molecule has 1 aromatic heterocycles. The van der Waals surface area contributed by atoms with Gasteiger partial charge in [-0.25, -0.2) is 4.98 Å². The molecule has 1 fully saturated rings. The summed E-state index contributed by atoms with van der Waals surface area (Å²) in [5.74, 6) is 0.372. The summed E-state index contributed by atoms with van der Waals surface area (Å²) in [7, 11) is 0. The number of ether oxygens (including phenoxy) is 1. The standard InChI is InChI=1S/C24H26N4O4/c1-16-17(24(31)28-12-14-32-15-13-28)7-4-9-19(16)26-22(29)11-5-10-21-25-20-8-3-2-6-18(20)23(30)27-21/h2-4,6-9H,5,10-15H2,1H3,(H,26,29)(H,25,27,30). The van der Waals surface area contributed by atoms with E-state index >= 15 is 0 Å². The van der Waals surface area contributed by atoms with Crippen molar-refractivity contribution in [2.45, 2.75) is 26.2 Å². The molecule has 0 aliphatic carbocycles. The van der Waals surface area contributed by atoms with Gasteiger partial charge < -0.3 is 19.9 Å². The third kappa shape index (κ3) is 4.86. The van der Waals surface area contributed by atoms with Crippen molar-refractivity contribution < 1.29 is 14.3 Å². The van der Waals surface area contributed by atoms with Crippen LogP contribution < -0.4 is 10.9 Å². The lowest BCUT2D eigenvalue weighted by Gasteiger charge is -2.27. The third-order valence-electron chi connectivity index (χ3n) is 5.62. The number of aryl methyl sites for hydroxylation is 1. The highest BCUT2D eigenvalue weighted by Gasteiger charge is 2.21. The van der Waals surface area contributed by atoms with E-state index in [1.54, 1.807) is 41.3 Å². The van der Waals surface area contributed by atoms with Gasteiger partial charge in [0, 0.05) is 37.2 Å². The summed E-state index contributed by atoms with van der Waals surface area (Å²) < 4.78 is 5.31. The average Bonchev–Trinajstić information content (AvgIpc) is 2.81. The van der Waals surface area contributed by atoms with Crippen LogP contribution in [0.3, 0.4) is 0 Å². The molecule has 0 spiro atoms. The normalized spacial score (nSPS) is 13.8. The predicted octanol–water partition coefficient (Wildman–Crippen LogP) is 2.67. The molecule has 2 N–H and O–H groups in total. The number of aromatic amines is 1. The first kappa shape index (κ1) is 21.7. The molecule has 1 aliphatic rings. The van der Waals surface area contributed by atoms with Gasteiger partial charge in [-0.2, -0.15) is 0 Å². The van der Waals surface area contributed by atoms with Gasteiger partial charge in [-0.1, -0.05) is 18.2 Å². The Bertz CT molecular complexity index is 1200. The highest BCUT2D eigenvalue weighted by Crippen LogP contribution is 2.21. The number of morpholine rings is 1. The van der Waals surface area contributed by atoms with E-state index in [0.717, 1.165) is 5.56 Å². The Balaban J connectivity index is 1.36. The second kappa shape index (κ2) is 9.74. The zero-order valence-corrected chi connectivity index (χ0v) is 18.0. The van der Waals surface area contributed by atoms with Gasteiger partial charge in [-0.05, 0) is 43.2 Å². The molecule has 8 nitrogen and oxygen atoms in total. The molecule has 166 valence electrons. The van der Waals surface area contributed by atoms with Crippen LogP contribution in [0.15, 0.2) is 47.3 Å². The summed E-state index contributed by atoms with van der Waals surface area (Å²) >= 11 is 0. The predicted molar refractivity (Wildman–Crippen MR) is 122 cm³/mol. The Hall–Kier alpha value is -3.52. The minimum absolute atomic E-state index is 0.0479. The highest BCUT2D eigenvalue weighted by atomic mass is 16.5. The number of carbonyl (C=O) groups is 2. The first-order valence-electron chi connectivity index (χ1n) is 10.8. The lowest BCUT2D eigenvalue weighted by Crippen LogP contribution is -2.41. The second-order valence-electron chi connectivity index (χ2n) is 7.81. The van der Waals surface area contributed by atoms with Gasteiger partial charge in [-0.3, -0.25) is 14.4 Å². The fourth-order valence-corrected chi connectivity index (χ4v) is 3.82. The van der Waals surface area contributed by atoms with Crippen LogP contribution in [0.4, 0.5) is 5.69 Å². The van der Waals surface area contributed by atoms with Crippen LogP contribution >= 0.6 is 0 Å². The number of anilines is 1. The molecule has 1 aliphatic heterocycles. The van der Waals surface area contributed by atoms with E-state index in [0.29, 0.717) is 67.1 Å². The number of hydrogen-bond donors (Lipinski definition) is 2. The van der Waals surface area contributed by atoms with Crippen LogP contribution in [-0.2, 0) is 16.0 Å². The van der Waals surface area contributed by atoms with Crippen molar-refractivity contribution in [3.63, 3.8) is 0 Å². The zero-order valence-electron chi connectivity index (χ0n) is 18.0. The van der Waals surface area contributed by atoms with Crippen molar-refractivity contribution in [1.29, 1.82) is 0 Å². The van der Waals surface area contributed by atoms with Crippen LogP contribution in [0, 0.1) is 6.92 Å². The topological polar surface area (TPSA) is 104 Å². The van der Waals surface area contributed by atoms with Gasteiger partial charge in [0.1, 0.15) is 5.82 Å². The number of carbonyl (C=O) groups excluding carboxylic acids is 2. The molecule has 1 saturated heterocycles. The van der Waals surface area contributed by atoms with E-state index in [4.69, 9.17) is 4.74 Å². The summed E-state index contributed by atoms with van der Waals surface area (Å²) in [6.07, 6.45) is 1.30. The number of para-hydroxylation sites is 1. The van der Waals surface area contributed by atoms with Crippen LogP contribution in [0.25, 0.3) is 10.9 Å². The highest BCUT2D eigenvalue weighted by molar-refractivity contribution is 5.99. The molecular weight excluding hydrogens is 408 g/mol. The van der Waals surface area contributed by atoms with E-state index in [1.807, 2.05) is 13.0 Å². The van der Waals surface area contributed by atoms with E-state index in [2.05, 4.69) is 15.3 Å². The zero-order chi connectivity index (χ0) is 22.5. The molecular formula is C24H26N4O4. The Morgan fingerprint density at radius 3 is 2.72 bits per heavy atom. The number of rotatable bonds is 6. The van der Waals surface area contributed by atoms with Crippen molar-refractivity contribution in [2.24, 2.45) is 0 Å².